The maximum Gasteiger partial charge on any atom is 0.225 e. The van der Waals surface area contributed by atoms with Crippen molar-refractivity contribution in [2.45, 2.75) is 13.3 Å². The molecule has 14 heavy (non-hydrogen) atoms. The van der Waals surface area contributed by atoms with E-state index in [1.165, 1.54) is 0 Å². The molecule has 0 fully saturated rings. The van der Waals surface area contributed by atoms with E-state index < -0.39 is 0 Å². The molecule has 0 saturated heterocycles. The van der Waals surface area contributed by atoms with Gasteiger partial charge in [0.1, 0.15) is 0 Å². The zero-order valence-electron chi connectivity index (χ0n) is 8.01. The number of benzene rings is 1. The fourth-order valence-corrected chi connectivity index (χ4v) is 1.24. The maximum atomic E-state index is 11.2. The van der Waals surface area contributed by atoms with Crippen LogP contribution in [-0.2, 0) is 4.79 Å². The first-order valence-electron chi connectivity index (χ1n) is 4.39. The second-order valence-electron chi connectivity index (χ2n) is 3.05. The molecule has 0 bridgehead atoms. The number of aryl methyl sites for hydroxylation is 1. The largest absolute Gasteiger partial charge is 0.330 e. The number of hydrogen-bond donors (Lipinski definition) is 2. The van der Waals surface area contributed by atoms with Gasteiger partial charge < -0.3 is 11.1 Å². The molecule has 0 aliphatic carbocycles. The van der Waals surface area contributed by atoms with Gasteiger partial charge in [-0.2, -0.15) is 0 Å². The summed E-state index contributed by atoms with van der Waals surface area (Å²) < 4.78 is 0. The third kappa shape index (κ3) is 3.01. The normalized spacial score (nSPS) is 9.93. The molecule has 0 aliphatic heterocycles. The van der Waals surface area contributed by atoms with Crippen LogP contribution in [0, 0.1) is 6.92 Å². The molecule has 0 spiro atoms. The zero-order chi connectivity index (χ0) is 10.6. The molecule has 76 valence electrons. The number of carbonyl (C=O) groups excluding carboxylic acids is 1. The highest BCUT2D eigenvalue weighted by Crippen LogP contribution is 2.20. The minimum atomic E-state index is -0.0853. The molecule has 0 heterocycles. The average Bonchev–Trinajstić information content (AvgIpc) is 2.12. The molecule has 0 atom stereocenters. The molecule has 0 saturated carbocycles. The standard InChI is InChI=1S/C10H13ClN2O/c1-7-2-3-8(11)6-9(7)13-10(14)4-5-12/h2-3,6H,4-5,12H2,1H3,(H,13,14). The lowest BCUT2D eigenvalue weighted by molar-refractivity contribution is -0.116. The Morgan fingerprint density at radius 3 is 2.93 bits per heavy atom. The third-order valence-corrected chi connectivity index (χ3v) is 2.08. The van der Waals surface area contributed by atoms with Crippen molar-refractivity contribution in [2.24, 2.45) is 5.73 Å². The van der Waals surface area contributed by atoms with Crippen molar-refractivity contribution >= 4 is 23.2 Å². The van der Waals surface area contributed by atoms with Gasteiger partial charge in [-0.05, 0) is 24.6 Å². The summed E-state index contributed by atoms with van der Waals surface area (Å²) in [5.74, 6) is -0.0853. The summed E-state index contributed by atoms with van der Waals surface area (Å²) in [6.07, 6.45) is 0.325. The van der Waals surface area contributed by atoms with E-state index in [1.807, 2.05) is 13.0 Å². The number of nitrogens with two attached hydrogens (primary N) is 1. The number of halogens is 1. The highest BCUT2D eigenvalue weighted by Gasteiger charge is 2.03. The molecule has 1 aromatic rings. The summed E-state index contributed by atoms with van der Waals surface area (Å²) in [5, 5.41) is 3.36. The van der Waals surface area contributed by atoms with E-state index in [0.29, 0.717) is 18.0 Å². The highest BCUT2D eigenvalue weighted by atomic mass is 35.5. The Kier molecular flexibility index (Phi) is 3.92. The van der Waals surface area contributed by atoms with Crippen LogP contribution >= 0.6 is 11.6 Å². The minimum Gasteiger partial charge on any atom is -0.330 e. The topological polar surface area (TPSA) is 55.1 Å². The molecule has 3 N–H and O–H groups in total. The van der Waals surface area contributed by atoms with Gasteiger partial charge in [0.05, 0.1) is 0 Å². The van der Waals surface area contributed by atoms with Crippen LogP contribution in [0.15, 0.2) is 18.2 Å². The van der Waals surface area contributed by atoms with Gasteiger partial charge in [0.25, 0.3) is 0 Å². The summed E-state index contributed by atoms with van der Waals surface area (Å²) in [7, 11) is 0. The van der Waals surface area contributed by atoms with E-state index in [9.17, 15) is 4.79 Å². The third-order valence-electron chi connectivity index (χ3n) is 1.85. The molecular formula is C10H13ClN2O. The van der Waals surface area contributed by atoms with E-state index in [0.717, 1.165) is 11.3 Å². The Balaban J connectivity index is 2.75. The van der Waals surface area contributed by atoms with Crippen molar-refractivity contribution in [2.75, 3.05) is 11.9 Å². The molecular weight excluding hydrogens is 200 g/mol. The van der Waals surface area contributed by atoms with Crippen LogP contribution in [0.2, 0.25) is 5.02 Å². The fraction of sp³-hybridized carbons (Fsp3) is 0.300. The number of nitrogens with one attached hydrogen (secondary N) is 1. The Morgan fingerprint density at radius 2 is 2.29 bits per heavy atom. The number of carbonyl (C=O) groups is 1. The molecule has 3 nitrogen and oxygen atoms in total. The predicted molar refractivity (Wildman–Crippen MR) is 58.5 cm³/mol. The summed E-state index contributed by atoms with van der Waals surface area (Å²) in [5.41, 5.74) is 7.00. The first-order chi connectivity index (χ1) is 6.63. The quantitative estimate of drug-likeness (QED) is 0.805. The van der Waals surface area contributed by atoms with Crippen molar-refractivity contribution in [1.82, 2.24) is 0 Å². The van der Waals surface area contributed by atoms with Crippen LogP contribution in [-0.4, -0.2) is 12.5 Å². The van der Waals surface area contributed by atoms with Crippen molar-refractivity contribution in [3.05, 3.63) is 28.8 Å². The smallest absolute Gasteiger partial charge is 0.225 e. The van der Waals surface area contributed by atoms with Crippen molar-refractivity contribution in [3.63, 3.8) is 0 Å². The minimum absolute atomic E-state index is 0.0853. The maximum absolute atomic E-state index is 11.2. The van der Waals surface area contributed by atoms with Crippen LogP contribution in [0.1, 0.15) is 12.0 Å². The molecule has 0 aliphatic rings. The second-order valence-corrected chi connectivity index (χ2v) is 3.48. The van der Waals surface area contributed by atoms with Crippen molar-refractivity contribution < 1.29 is 4.79 Å². The summed E-state index contributed by atoms with van der Waals surface area (Å²) in [4.78, 5) is 11.2. The van der Waals surface area contributed by atoms with E-state index in [2.05, 4.69) is 5.32 Å². The summed E-state index contributed by atoms with van der Waals surface area (Å²) in [6.45, 7) is 2.26. The van der Waals surface area contributed by atoms with Crippen LogP contribution in [0.3, 0.4) is 0 Å². The van der Waals surface area contributed by atoms with Crippen LogP contribution in [0.4, 0.5) is 5.69 Å². The first-order valence-corrected chi connectivity index (χ1v) is 4.77. The SMILES string of the molecule is Cc1ccc(Cl)cc1NC(=O)CCN. The van der Waals surface area contributed by atoms with Gasteiger partial charge in [0, 0.05) is 23.7 Å². The lowest BCUT2D eigenvalue weighted by Gasteiger charge is -2.07. The van der Waals surface area contributed by atoms with Gasteiger partial charge in [-0.15, -0.1) is 0 Å². The van der Waals surface area contributed by atoms with Gasteiger partial charge >= 0.3 is 0 Å². The Hall–Kier alpha value is -1.06. The van der Waals surface area contributed by atoms with Gasteiger partial charge in [0.2, 0.25) is 5.91 Å². The predicted octanol–water partition coefficient (Wildman–Crippen LogP) is 1.94. The van der Waals surface area contributed by atoms with Crippen LogP contribution in [0.5, 0.6) is 0 Å². The Morgan fingerprint density at radius 1 is 1.57 bits per heavy atom. The summed E-state index contributed by atoms with van der Waals surface area (Å²) in [6, 6.07) is 5.38. The van der Waals surface area contributed by atoms with E-state index in [4.69, 9.17) is 17.3 Å². The molecule has 0 radical (unpaired) electrons. The summed E-state index contributed by atoms with van der Waals surface area (Å²) >= 11 is 5.80. The van der Waals surface area contributed by atoms with E-state index in [1.54, 1.807) is 12.1 Å². The number of anilines is 1. The average molecular weight is 213 g/mol. The first kappa shape index (κ1) is 11.0. The lowest BCUT2D eigenvalue weighted by Crippen LogP contribution is -2.16. The number of amides is 1. The Bertz CT molecular complexity index is 339. The molecule has 1 amide bonds. The molecule has 1 rings (SSSR count). The Labute approximate surface area is 88.2 Å². The van der Waals surface area contributed by atoms with E-state index in [-0.39, 0.29) is 5.91 Å². The van der Waals surface area contributed by atoms with Gasteiger partial charge in [-0.3, -0.25) is 4.79 Å². The van der Waals surface area contributed by atoms with Gasteiger partial charge in [0.15, 0.2) is 0 Å². The molecule has 0 unspecified atom stereocenters. The van der Waals surface area contributed by atoms with Gasteiger partial charge in [-0.25, -0.2) is 0 Å². The second kappa shape index (κ2) is 4.98. The van der Waals surface area contributed by atoms with Crippen molar-refractivity contribution in [1.29, 1.82) is 0 Å². The van der Waals surface area contributed by atoms with Crippen LogP contribution < -0.4 is 11.1 Å². The lowest BCUT2D eigenvalue weighted by atomic mass is 10.2. The van der Waals surface area contributed by atoms with Crippen molar-refractivity contribution in [3.8, 4) is 0 Å². The van der Waals surface area contributed by atoms with Crippen LogP contribution in [0.25, 0.3) is 0 Å². The number of rotatable bonds is 3. The fourth-order valence-electron chi connectivity index (χ4n) is 1.07. The highest BCUT2D eigenvalue weighted by molar-refractivity contribution is 6.31. The monoisotopic (exact) mass is 212 g/mol. The zero-order valence-corrected chi connectivity index (χ0v) is 8.77. The van der Waals surface area contributed by atoms with Gasteiger partial charge in [-0.1, -0.05) is 17.7 Å². The molecule has 1 aromatic carbocycles. The van der Waals surface area contributed by atoms with E-state index >= 15 is 0 Å². The molecule has 4 heteroatoms. The molecule has 0 aromatic heterocycles. The number of hydrogen-bond acceptors (Lipinski definition) is 2.